The van der Waals surface area contributed by atoms with Crippen molar-refractivity contribution in [3.63, 3.8) is 0 Å². The summed E-state index contributed by atoms with van der Waals surface area (Å²) in [5, 5.41) is 10.5. The third kappa shape index (κ3) is 2.86. The highest BCUT2D eigenvalue weighted by Gasteiger charge is 2.29. The van der Waals surface area contributed by atoms with E-state index in [2.05, 4.69) is 43.0 Å². The molecule has 1 aliphatic rings. The van der Waals surface area contributed by atoms with E-state index in [4.69, 9.17) is 0 Å². The molecule has 0 spiro atoms. The lowest BCUT2D eigenvalue weighted by molar-refractivity contribution is 0.0138. The minimum absolute atomic E-state index is 0.191. The Labute approximate surface area is 104 Å². The molecule has 1 N–H and O–H groups in total. The molecule has 3 heteroatoms. The minimum atomic E-state index is -0.400. The fourth-order valence-electron chi connectivity index (χ4n) is 2.37. The molecule has 0 saturated carbocycles. The van der Waals surface area contributed by atoms with Crippen molar-refractivity contribution in [2.45, 2.75) is 19.1 Å². The van der Waals surface area contributed by atoms with Crippen LogP contribution in [0.25, 0.3) is 0 Å². The maximum Gasteiger partial charge on any atom is 0.0957 e. The van der Waals surface area contributed by atoms with Gasteiger partial charge in [-0.15, -0.1) is 0 Å². The van der Waals surface area contributed by atoms with Gasteiger partial charge in [-0.3, -0.25) is 4.90 Å². The van der Waals surface area contributed by atoms with Gasteiger partial charge in [-0.2, -0.15) is 0 Å². The molecule has 0 aromatic heterocycles. The van der Waals surface area contributed by atoms with Gasteiger partial charge in [-0.1, -0.05) is 29.8 Å². The Morgan fingerprint density at radius 3 is 2.47 bits per heavy atom. The van der Waals surface area contributed by atoms with Crippen LogP contribution in [-0.4, -0.2) is 54.7 Å². The highest BCUT2D eigenvalue weighted by Crippen LogP contribution is 2.23. The topological polar surface area (TPSA) is 26.7 Å². The molecule has 3 nitrogen and oxygen atoms in total. The minimum Gasteiger partial charge on any atom is -0.387 e. The highest BCUT2D eigenvalue weighted by atomic mass is 16.3. The lowest BCUT2D eigenvalue weighted by Crippen LogP contribution is -2.52. The van der Waals surface area contributed by atoms with Gasteiger partial charge in [0, 0.05) is 19.6 Å². The van der Waals surface area contributed by atoms with Crippen molar-refractivity contribution in [1.82, 2.24) is 9.80 Å². The standard InChI is InChI=1S/C14H22N2O/c1-11-4-6-12(7-5-11)14(17)13-10-15(2)8-9-16(13)3/h4-7,13-14,17H,8-10H2,1-3H3. The molecule has 0 aliphatic carbocycles. The third-order valence-corrected chi connectivity index (χ3v) is 3.68. The van der Waals surface area contributed by atoms with E-state index in [-0.39, 0.29) is 6.04 Å². The molecular weight excluding hydrogens is 212 g/mol. The smallest absolute Gasteiger partial charge is 0.0957 e. The van der Waals surface area contributed by atoms with E-state index >= 15 is 0 Å². The number of piperazine rings is 1. The van der Waals surface area contributed by atoms with E-state index in [9.17, 15) is 5.11 Å². The van der Waals surface area contributed by atoms with Crippen LogP contribution in [0.3, 0.4) is 0 Å². The summed E-state index contributed by atoms with van der Waals surface area (Å²) in [6.07, 6.45) is -0.400. The summed E-state index contributed by atoms with van der Waals surface area (Å²) in [5.74, 6) is 0. The van der Waals surface area contributed by atoms with E-state index in [1.54, 1.807) is 0 Å². The summed E-state index contributed by atoms with van der Waals surface area (Å²) < 4.78 is 0. The molecule has 1 aliphatic heterocycles. The van der Waals surface area contributed by atoms with E-state index in [0.717, 1.165) is 25.2 Å². The number of aliphatic hydroxyl groups excluding tert-OH is 1. The second-order valence-electron chi connectivity index (χ2n) is 5.17. The number of rotatable bonds is 2. The predicted octanol–water partition coefficient (Wildman–Crippen LogP) is 1.27. The molecular formula is C14H22N2O. The number of benzene rings is 1. The average Bonchev–Trinajstić information content (AvgIpc) is 2.32. The first-order valence-corrected chi connectivity index (χ1v) is 6.21. The van der Waals surface area contributed by atoms with Crippen molar-refractivity contribution in [2.24, 2.45) is 0 Å². The second-order valence-corrected chi connectivity index (χ2v) is 5.17. The summed E-state index contributed by atoms with van der Waals surface area (Å²) in [6, 6.07) is 8.37. The summed E-state index contributed by atoms with van der Waals surface area (Å²) in [7, 11) is 4.21. The monoisotopic (exact) mass is 234 g/mol. The summed E-state index contributed by atoms with van der Waals surface area (Å²) in [4.78, 5) is 4.53. The van der Waals surface area contributed by atoms with Crippen LogP contribution in [0.1, 0.15) is 17.2 Å². The van der Waals surface area contributed by atoms with Crippen molar-refractivity contribution in [3.8, 4) is 0 Å². The second kappa shape index (κ2) is 5.17. The number of likely N-dealkylation sites (N-methyl/N-ethyl adjacent to an activating group) is 2. The van der Waals surface area contributed by atoms with Crippen LogP contribution >= 0.6 is 0 Å². The largest absolute Gasteiger partial charge is 0.387 e. The fourth-order valence-corrected chi connectivity index (χ4v) is 2.37. The zero-order valence-electron chi connectivity index (χ0n) is 10.9. The Balaban J connectivity index is 2.12. The molecule has 2 unspecified atom stereocenters. The average molecular weight is 234 g/mol. The van der Waals surface area contributed by atoms with Gasteiger partial charge in [0.25, 0.3) is 0 Å². The first-order valence-electron chi connectivity index (χ1n) is 6.21. The van der Waals surface area contributed by atoms with Crippen molar-refractivity contribution in [3.05, 3.63) is 35.4 Å². The molecule has 0 radical (unpaired) electrons. The lowest BCUT2D eigenvalue weighted by Gasteiger charge is -2.40. The Bertz CT molecular complexity index is 363. The third-order valence-electron chi connectivity index (χ3n) is 3.68. The number of hydrogen-bond acceptors (Lipinski definition) is 3. The van der Waals surface area contributed by atoms with Crippen LogP contribution in [0.5, 0.6) is 0 Å². The highest BCUT2D eigenvalue weighted by molar-refractivity contribution is 5.24. The molecule has 94 valence electrons. The van der Waals surface area contributed by atoms with E-state index < -0.39 is 6.10 Å². The Kier molecular flexibility index (Phi) is 3.82. The van der Waals surface area contributed by atoms with Gasteiger partial charge in [0.1, 0.15) is 0 Å². The van der Waals surface area contributed by atoms with Crippen LogP contribution in [0.2, 0.25) is 0 Å². The first-order chi connectivity index (χ1) is 8.08. The quantitative estimate of drug-likeness (QED) is 0.835. The van der Waals surface area contributed by atoms with Crippen molar-refractivity contribution < 1.29 is 5.11 Å². The zero-order chi connectivity index (χ0) is 12.4. The molecule has 17 heavy (non-hydrogen) atoms. The molecule has 1 aromatic carbocycles. The molecule has 2 atom stereocenters. The van der Waals surface area contributed by atoms with Gasteiger partial charge in [-0.25, -0.2) is 0 Å². The van der Waals surface area contributed by atoms with Crippen LogP contribution in [0, 0.1) is 6.92 Å². The summed E-state index contributed by atoms with van der Waals surface area (Å²) in [5.41, 5.74) is 2.25. The normalized spacial score (nSPS) is 24.8. The van der Waals surface area contributed by atoms with Gasteiger partial charge in [0.05, 0.1) is 12.1 Å². The molecule has 1 aromatic rings. The summed E-state index contributed by atoms with van der Waals surface area (Å²) in [6.45, 7) is 5.08. The van der Waals surface area contributed by atoms with Gasteiger partial charge >= 0.3 is 0 Å². The number of aliphatic hydroxyl groups is 1. The van der Waals surface area contributed by atoms with E-state index in [1.165, 1.54) is 5.56 Å². The number of hydrogen-bond donors (Lipinski definition) is 1. The van der Waals surface area contributed by atoms with Crippen LogP contribution in [-0.2, 0) is 0 Å². The van der Waals surface area contributed by atoms with Crippen LogP contribution < -0.4 is 0 Å². The van der Waals surface area contributed by atoms with Gasteiger partial charge in [0.15, 0.2) is 0 Å². The molecule has 2 rings (SSSR count). The maximum absolute atomic E-state index is 10.5. The Morgan fingerprint density at radius 2 is 1.82 bits per heavy atom. The van der Waals surface area contributed by atoms with Crippen molar-refractivity contribution in [1.29, 1.82) is 0 Å². The molecule has 1 heterocycles. The van der Waals surface area contributed by atoms with Gasteiger partial charge in [-0.05, 0) is 26.6 Å². The van der Waals surface area contributed by atoms with Gasteiger partial charge < -0.3 is 10.0 Å². The SMILES string of the molecule is Cc1ccc(C(O)C2CN(C)CCN2C)cc1. The van der Waals surface area contributed by atoms with Crippen molar-refractivity contribution >= 4 is 0 Å². The number of nitrogens with zero attached hydrogens (tertiary/aromatic N) is 2. The van der Waals surface area contributed by atoms with Crippen LogP contribution in [0.4, 0.5) is 0 Å². The molecule has 1 saturated heterocycles. The summed E-state index contributed by atoms with van der Waals surface area (Å²) >= 11 is 0. The van der Waals surface area contributed by atoms with E-state index in [0.29, 0.717) is 0 Å². The molecule has 0 amide bonds. The number of aryl methyl sites for hydroxylation is 1. The fraction of sp³-hybridized carbons (Fsp3) is 0.571. The molecule has 1 fully saturated rings. The Hall–Kier alpha value is -0.900. The zero-order valence-corrected chi connectivity index (χ0v) is 10.9. The Morgan fingerprint density at radius 1 is 1.18 bits per heavy atom. The first kappa shape index (κ1) is 12.6. The predicted molar refractivity (Wildman–Crippen MR) is 70.1 cm³/mol. The maximum atomic E-state index is 10.5. The van der Waals surface area contributed by atoms with E-state index in [1.807, 2.05) is 12.1 Å². The lowest BCUT2D eigenvalue weighted by atomic mass is 9.98. The van der Waals surface area contributed by atoms with Crippen LogP contribution in [0.15, 0.2) is 24.3 Å². The molecule has 0 bridgehead atoms. The van der Waals surface area contributed by atoms with Crippen molar-refractivity contribution in [2.75, 3.05) is 33.7 Å². The van der Waals surface area contributed by atoms with Gasteiger partial charge in [0.2, 0.25) is 0 Å².